The second kappa shape index (κ2) is 10.7. The smallest absolute Gasteiger partial charge is 0.321 e. The first-order valence-electron chi connectivity index (χ1n) is 11.0. The Bertz CT molecular complexity index is 1560. The number of sulfonamides is 1. The van der Waals surface area contributed by atoms with Gasteiger partial charge in [0.25, 0.3) is 0 Å². The van der Waals surface area contributed by atoms with E-state index in [1.165, 1.54) is 53.2 Å². The lowest BCUT2D eigenvalue weighted by atomic mass is 10.2. The van der Waals surface area contributed by atoms with E-state index >= 15 is 0 Å². The number of hydrogen-bond acceptors (Lipinski definition) is 9. The number of carboxylic acids is 1. The van der Waals surface area contributed by atoms with Crippen molar-refractivity contribution in [3.05, 3.63) is 60.0 Å². The maximum atomic E-state index is 14.1. The molecule has 194 valence electrons. The number of aromatic nitrogens is 4. The number of aromatic amines is 1. The summed E-state index contributed by atoms with van der Waals surface area (Å²) in [5.74, 6) is -0.872. The number of nitrogens with two attached hydrogens (primary N) is 1. The van der Waals surface area contributed by atoms with Crippen LogP contribution in [0, 0.1) is 12.7 Å². The molecule has 0 radical (unpaired) electrons. The first-order valence-corrected chi connectivity index (χ1v) is 13.9. The first-order chi connectivity index (χ1) is 17.6. The number of carbonyl (C=O) groups is 1. The van der Waals surface area contributed by atoms with Crippen LogP contribution in [0.5, 0.6) is 0 Å². The number of anilines is 4. The molecular formula is C23H24FN7O4S2. The molecule has 0 amide bonds. The molecule has 11 nitrogen and oxygen atoms in total. The fraction of sp³-hybridized carbons (Fsp3) is 0.217. The van der Waals surface area contributed by atoms with Gasteiger partial charge in [-0.25, -0.2) is 17.8 Å². The van der Waals surface area contributed by atoms with E-state index in [1.807, 2.05) is 0 Å². The van der Waals surface area contributed by atoms with Gasteiger partial charge >= 0.3 is 5.97 Å². The van der Waals surface area contributed by atoms with E-state index in [0.29, 0.717) is 22.2 Å². The zero-order valence-electron chi connectivity index (χ0n) is 19.8. The van der Waals surface area contributed by atoms with Crippen molar-refractivity contribution in [1.82, 2.24) is 24.9 Å². The average Bonchev–Trinajstić information content (AvgIpc) is 3.25. The van der Waals surface area contributed by atoms with Gasteiger partial charge in [-0.2, -0.15) is 26.6 Å². The minimum atomic E-state index is -4.25. The molecular weight excluding hydrogens is 521 g/mol. The Morgan fingerprint density at radius 1 is 1.27 bits per heavy atom. The molecule has 0 aliphatic heterocycles. The molecule has 2 heterocycles. The molecule has 0 spiro atoms. The first kappa shape index (κ1) is 26.3. The Labute approximate surface area is 216 Å². The highest BCUT2D eigenvalue weighted by atomic mass is 32.2. The van der Waals surface area contributed by atoms with E-state index in [0.717, 1.165) is 0 Å². The molecule has 2 aromatic heterocycles. The van der Waals surface area contributed by atoms with Crippen LogP contribution in [0.1, 0.15) is 12.0 Å². The third-order valence-corrected chi connectivity index (χ3v) is 7.76. The zero-order chi connectivity index (χ0) is 26.7. The van der Waals surface area contributed by atoms with Crippen LogP contribution in [0.3, 0.4) is 0 Å². The van der Waals surface area contributed by atoms with Crippen molar-refractivity contribution in [2.24, 2.45) is 0 Å². The normalized spacial score (nSPS) is 12.5. The van der Waals surface area contributed by atoms with Crippen LogP contribution in [0.2, 0.25) is 0 Å². The maximum absolute atomic E-state index is 14.1. The topological polar surface area (TPSA) is 167 Å². The van der Waals surface area contributed by atoms with Crippen LogP contribution in [0.25, 0.3) is 10.9 Å². The van der Waals surface area contributed by atoms with Gasteiger partial charge in [-0.1, -0.05) is 6.07 Å². The number of hydrogen-bond donors (Lipinski definition) is 4. The number of aliphatic carboxylic acids is 1. The molecule has 0 unspecified atom stereocenters. The van der Waals surface area contributed by atoms with Crippen LogP contribution in [0.15, 0.2) is 53.6 Å². The van der Waals surface area contributed by atoms with Gasteiger partial charge in [0, 0.05) is 11.6 Å². The minimum Gasteiger partial charge on any atom is -0.480 e. The Morgan fingerprint density at radius 3 is 2.76 bits per heavy atom. The van der Waals surface area contributed by atoms with Crippen LogP contribution in [-0.2, 0) is 14.8 Å². The van der Waals surface area contributed by atoms with Gasteiger partial charge in [-0.05, 0) is 67.3 Å². The summed E-state index contributed by atoms with van der Waals surface area (Å²) >= 11 is 1.41. The van der Waals surface area contributed by atoms with Crippen molar-refractivity contribution in [2.75, 3.05) is 22.6 Å². The summed E-state index contributed by atoms with van der Waals surface area (Å²) in [4.78, 5) is 21.5. The van der Waals surface area contributed by atoms with Crippen molar-refractivity contribution in [2.45, 2.75) is 24.3 Å². The molecule has 0 fully saturated rings. The summed E-state index contributed by atoms with van der Waals surface area (Å²) in [6.45, 7) is 1.59. The standard InChI is InChI=1S/C23H24FN7O4S2/c1-13-3-5-15(12-19(13)37(34,35)30-18(22(32)33)8-10-36-2)31(23-26-9-7-20(25)27-23)21-16-11-14(24)4-6-17(16)28-29-21/h3-7,9,11-12,18,30H,8,10H2,1-2H3,(H,28,29)(H,32,33)(H2,25,26,27)/t18-/m0/s1. The van der Waals surface area contributed by atoms with Crippen molar-refractivity contribution < 1.29 is 22.7 Å². The maximum Gasteiger partial charge on any atom is 0.321 e. The molecule has 0 saturated heterocycles. The molecule has 0 saturated carbocycles. The predicted octanol–water partition coefficient (Wildman–Crippen LogP) is 3.34. The van der Waals surface area contributed by atoms with Crippen LogP contribution < -0.4 is 15.4 Å². The SMILES string of the molecule is CSCC[C@H](NS(=O)(=O)c1cc(N(c2nccc(N)n2)c2n[nH]c3ccc(F)cc23)ccc1C)C(=O)O. The van der Waals surface area contributed by atoms with Crippen LogP contribution in [0.4, 0.5) is 27.7 Å². The molecule has 0 aliphatic carbocycles. The van der Waals surface area contributed by atoms with Gasteiger partial charge in [0.15, 0.2) is 5.82 Å². The van der Waals surface area contributed by atoms with E-state index in [1.54, 1.807) is 25.3 Å². The van der Waals surface area contributed by atoms with Crippen molar-refractivity contribution >= 4 is 61.9 Å². The van der Waals surface area contributed by atoms with E-state index in [4.69, 9.17) is 5.73 Å². The number of carboxylic acid groups (broad SMARTS) is 1. The molecule has 1 atom stereocenters. The number of H-pyrrole nitrogens is 1. The van der Waals surface area contributed by atoms with E-state index in [-0.39, 0.29) is 34.6 Å². The minimum absolute atomic E-state index is 0.0706. The van der Waals surface area contributed by atoms with Crippen LogP contribution in [-0.4, -0.2) is 57.7 Å². The van der Waals surface area contributed by atoms with Gasteiger partial charge < -0.3 is 10.8 Å². The van der Waals surface area contributed by atoms with E-state index in [9.17, 15) is 22.7 Å². The lowest BCUT2D eigenvalue weighted by Crippen LogP contribution is -2.41. The quantitative estimate of drug-likeness (QED) is 0.232. The van der Waals surface area contributed by atoms with E-state index < -0.39 is 27.9 Å². The number of aryl methyl sites for hydroxylation is 1. The second-order valence-corrected chi connectivity index (χ2v) is 10.8. The number of halogens is 1. The highest BCUT2D eigenvalue weighted by molar-refractivity contribution is 7.98. The molecule has 5 N–H and O–H groups in total. The third-order valence-electron chi connectivity index (χ3n) is 5.51. The highest BCUT2D eigenvalue weighted by Crippen LogP contribution is 2.37. The van der Waals surface area contributed by atoms with Crippen molar-refractivity contribution in [3.8, 4) is 0 Å². The summed E-state index contributed by atoms with van der Waals surface area (Å²) < 4.78 is 43.1. The lowest BCUT2D eigenvalue weighted by molar-refractivity contribution is -0.139. The van der Waals surface area contributed by atoms with Crippen molar-refractivity contribution in [1.29, 1.82) is 0 Å². The summed E-state index contributed by atoms with van der Waals surface area (Å²) in [6.07, 6.45) is 3.35. The number of nitrogen functional groups attached to an aromatic ring is 1. The monoisotopic (exact) mass is 545 g/mol. The van der Waals surface area contributed by atoms with Gasteiger partial charge in [-0.3, -0.25) is 14.8 Å². The molecule has 0 bridgehead atoms. The Hall–Kier alpha value is -3.75. The number of nitrogens with zero attached hydrogens (tertiary/aromatic N) is 4. The summed E-state index contributed by atoms with van der Waals surface area (Å²) in [5, 5.41) is 17.1. The molecule has 2 aromatic carbocycles. The molecule has 0 aliphatic rings. The van der Waals surface area contributed by atoms with Crippen LogP contribution >= 0.6 is 11.8 Å². The Morgan fingerprint density at radius 2 is 2.05 bits per heavy atom. The molecule has 4 rings (SSSR count). The largest absolute Gasteiger partial charge is 0.480 e. The fourth-order valence-electron chi connectivity index (χ4n) is 3.68. The molecule has 4 aromatic rings. The average molecular weight is 546 g/mol. The van der Waals surface area contributed by atoms with Crippen molar-refractivity contribution in [3.63, 3.8) is 0 Å². The Kier molecular flexibility index (Phi) is 7.61. The number of thioether (sulfide) groups is 1. The fourth-order valence-corrected chi connectivity index (χ4v) is 5.64. The lowest BCUT2D eigenvalue weighted by Gasteiger charge is -2.23. The Balaban J connectivity index is 1.86. The summed E-state index contributed by atoms with van der Waals surface area (Å²) in [7, 11) is -4.25. The third kappa shape index (κ3) is 5.65. The van der Waals surface area contributed by atoms with Gasteiger partial charge in [0.05, 0.1) is 16.1 Å². The predicted molar refractivity (Wildman–Crippen MR) is 140 cm³/mol. The number of fused-ring (bicyclic) bond motifs is 1. The number of rotatable bonds is 10. The highest BCUT2D eigenvalue weighted by Gasteiger charge is 2.28. The summed E-state index contributed by atoms with van der Waals surface area (Å²) in [6, 6.07) is 8.83. The van der Waals surface area contributed by atoms with Gasteiger partial charge in [0.1, 0.15) is 17.7 Å². The molecule has 14 heteroatoms. The number of benzene rings is 2. The number of nitrogens with one attached hydrogen (secondary N) is 2. The van der Waals surface area contributed by atoms with Gasteiger partial charge in [-0.15, -0.1) is 0 Å². The van der Waals surface area contributed by atoms with E-state index in [2.05, 4.69) is 24.9 Å². The summed E-state index contributed by atoms with van der Waals surface area (Å²) in [5.41, 5.74) is 7.08. The zero-order valence-corrected chi connectivity index (χ0v) is 21.5. The second-order valence-electron chi connectivity index (χ2n) is 8.10. The van der Waals surface area contributed by atoms with Gasteiger partial charge in [0.2, 0.25) is 16.0 Å². The molecule has 37 heavy (non-hydrogen) atoms.